The molecule has 2 aliphatic rings. The Balaban J connectivity index is 1.55. The first kappa shape index (κ1) is 17.7. The predicted molar refractivity (Wildman–Crippen MR) is 107 cm³/mol. The van der Waals surface area contributed by atoms with Crippen molar-refractivity contribution < 1.29 is 5.11 Å². The number of piperidine rings is 1. The first-order valence-corrected chi connectivity index (χ1v) is 10.0. The lowest BCUT2D eigenvalue weighted by Crippen LogP contribution is -2.39. The highest BCUT2D eigenvalue weighted by Crippen LogP contribution is 2.33. The van der Waals surface area contributed by atoms with E-state index in [2.05, 4.69) is 65.7 Å². The van der Waals surface area contributed by atoms with Crippen LogP contribution < -0.4 is 5.32 Å². The third-order valence-corrected chi connectivity index (χ3v) is 6.24. The van der Waals surface area contributed by atoms with Gasteiger partial charge in [0.2, 0.25) is 0 Å². The molecule has 0 aliphatic carbocycles. The molecule has 0 spiro atoms. The molecule has 2 aromatic rings. The van der Waals surface area contributed by atoms with Gasteiger partial charge >= 0.3 is 0 Å². The predicted octanol–water partition coefficient (Wildman–Crippen LogP) is 4.08. The van der Waals surface area contributed by atoms with Crippen molar-refractivity contribution in [3.05, 3.63) is 59.7 Å². The van der Waals surface area contributed by atoms with E-state index < -0.39 is 5.60 Å². The highest BCUT2D eigenvalue weighted by atomic mass is 16.3. The summed E-state index contributed by atoms with van der Waals surface area (Å²) in [5, 5.41) is 14.2. The van der Waals surface area contributed by atoms with E-state index in [-0.39, 0.29) is 0 Å². The number of likely N-dealkylation sites (tertiary alicyclic amines) is 1. The molecule has 1 atom stereocenters. The molecule has 138 valence electrons. The minimum Gasteiger partial charge on any atom is -0.385 e. The highest BCUT2D eigenvalue weighted by molar-refractivity contribution is 5.64. The lowest BCUT2D eigenvalue weighted by molar-refractivity contribution is 0.00595. The topological polar surface area (TPSA) is 35.5 Å². The van der Waals surface area contributed by atoms with Gasteiger partial charge in [0.25, 0.3) is 0 Å². The van der Waals surface area contributed by atoms with Crippen LogP contribution in [0.5, 0.6) is 0 Å². The van der Waals surface area contributed by atoms with Gasteiger partial charge in [-0.15, -0.1) is 0 Å². The van der Waals surface area contributed by atoms with Crippen molar-refractivity contribution in [3.63, 3.8) is 0 Å². The number of nitrogens with zero attached hydrogens (tertiary/aromatic N) is 1. The van der Waals surface area contributed by atoms with Gasteiger partial charge in [0, 0.05) is 6.04 Å². The molecule has 2 aliphatic heterocycles. The van der Waals surface area contributed by atoms with Crippen LogP contribution in [0.25, 0.3) is 11.1 Å². The zero-order chi connectivity index (χ0) is 18.0. The lowest BCUT2D eigenvalue weighted by Gasteiger charge is -2.33. The van der Waals surface area contributed by atoms with Crippen LogP contribution in [0.4, 0.5) is 0 Å². The number of aliphatic hydroxyl groups is 1. The van der Waals surface area contributed by atoms with Gasteiger partial charge in [0.15, 0.2) is 0 Å². The Hall–Kier alpha value is -1.68. The third-order valence-electron chi connectivity index (χ3n) is 6.24. The summed E-state index contributed by atoms with van der Waals surface area (Å²) in [6, 6.07) is 18.0. The summed E-state index contributed by atoms with van der Waals surface area (Å²) in [7, 11) is 0. The Morgan fingerprint density at radius 1 is 0.962 bits per heavy atom. The van der Waals surface area contributed by atoms with Crippen molar-refractivity contribution >= 4 is 0 Å². The lowest BCUT2D eigenvalue weighted by atomic mass is 9.84. The molecule has 3 heteroatoms. The van der Waals surface area contributed by atoms with Crippen molar-refractivity contribution in [1.29, 1.82) is 0 Å². The second-order valence-electron chi connectivity index (χ2n) is 7.90. The molecule has 2 N–H and O–H groups in total. The molecule has 0 amide bonds. The minimum atomic E-state index is -0.671. The van der Waals surface area contributed by atoms with Crippen LogP contribution >= 0.6 is 0 Å². The number of benzene rings is 2. The summed E-state index contributed by atoms with van der Waals surface area (Å²) in [6.45, 7) is 6.52. The molecule has 3 nitrogen and oxygen atoms in total. The van der Waals surface area contributed by atoms with Gasteiger partial charge in [-0.25, -0.2) is 0 Å². The van der Waals surface area contributed by atoms with Gasteiger partial charge in [-0.3, -0.25) is 4.90 Å². The molecule has 2 aromatic carbocycles. The zero-order valence-corrected chi connectivity index (χ0v) is 15.7. The van der Waals surface area contributed by atoms with Gasteiger partial charge in [-0.2, -0.15) is 0 Å². The average Bonchev–Trinajstić information content (AvgIpc) is 3.23. The molecule has 26 heavy (non-hydrogen) atoms. The molecule has 0 saturated carbocycles. The third kappa shape index (κ3) is 3.57. The summed E-state index contributed by atoms with van der Waals surface area (Å²) in [5.41, 5.74) is 4.25. The zero-order valence-electron chi connectivity index (χ0n) is 15.7. The molecule has 0 radical (unpaired) electrons. The standard InChI is InChI=1S/C23H30N2O/c1-18(25-15-2-3-16-25)20-5-4-6-21(17-20)19-7-9-22(10-8-19)23(26)11-13-24-14-12-23/h4-10,17-18,24,26H,2-3,11-16H2,1H3/t18-/m1/s1. The fourth-order valence-electron chi connectivity index (χ4n) is 4.42. The summed E-state index contributed by atoms with van der Waals surface area (Å²) in [6.07, 6.45) is 4.22. The first-order valence-electron chi connectivity index (χ1n) is 10.0. The summed E-state index contributed by atoms with van der Waals surface area (Å²) >= 11 is 0. The van der Waals surface area contributed by atoms with Crippen molar-refractivity contribution in [2.24, 2.45) is 0 Å². The molecule has 4 rings (SSSR count). The molecule has 0 bridgehead atoms. The van der Waals surface area contributed by atoms with E-state index in [0.29, 0.717) is 6.04 Å². The average molecular weight is 351 g/mol. The van der Waals surface area contributed by atoms with Crippen molar-refractivity contribution in [2.75, 3.05) is 26.2 Å². The molecular formula is C23H30N2O. The minimum absolute atomic E-state index is 0.479. The van der Waals surface area contributed by atoms with Crippen LogP contribution in [0.1, 0.15) is 49.8 Å². The second kappa shape index (κ2) is 7.51. The molecule has 0 unspecified atom stereocenters. The Morgan fingerprint density at radius 3 is 2.35 bits per heavy atom. The van der Waals surface area contributed by atoms with Crippen LogP contribution in [-0.4, -0.2) is 36.2 Å². The van der Waals surface area contributed by atoms with Gasteiger partial charge in [0.05, 0.1) is 5.60 Å². The van der Waals surface area contributed by atoms with E-state index in [4.69, 9.17) is 0 Å². The van der Waals surface area contributed by atoms with Crippen LogP contribution in [0.2, 0.25) is 0 Å². The fourth-order valence-corrected chi connectivity index (χ4v) is 4.42. The monoisotopic (exact) mass is 350 g/mol. The molecule has 2 heterocycles. The second-order valence-corrected chi connectivity index (χ2v) is 7.90. The maximum Gasteiger partial charge on any atom is 0.0920 e. The summed E-state index contributed by atoms with van der Waals surface area (Å²) in [5.74, 6) is 0. The van der Waals surface area contributed by atoms with E-state index in [9.17, 15) is 5.11 Å². The van der Waals surface area contributed by atoms with E-state index in [1.54, 1.807) is 0 Å². The summed E-state index contributed by atoms with van der Waals surface area (Å²) in [4.78, 5) is 2.58. The van der Waals surface area contributed by atoms with Gasteiger partial charge < -0.3 is 10.4 Å². The van der Waals surface area contributed by atoms with E-state index in [1.807, 2.05) is 0 Å². The van der Waals surface area contributed by atoms with Crippen LogP contribution in [0, 0.1) is 0 Å². The van der Waals surface area contributed by atoms with Crippen molar-refractivity contribution in [3.8, 4) is 11.1 Å². The Kier molecular flexibility index (Phi) is 5.12. The van der Waals surface area contributed by atoms with Gasteiger partial charge in [-0.1, -0.05) is 42.5 Å². The van der Waals surface area contributed by atoms with Crippen LogP contribution in [0.3, 0.4) is 0 Å². The first-order chi connectivity index (χ1) is 12.7. The largest absolute Gasteiger partial charge is 0.385 e. The Bertz CT molecular complexity index is 728. The van der Waals surface area contributed by atoms with Crippen LogP contribution in [-0.2, 0) is 5.60 Å². The van der Waals surface area contributed by atoms with Crippen LogP contribution in [0.15, 0.2) is 48.5 Å². The van der Waals surface area contributed by atoms with Gasteiger partial charge in [0.1, 0.15) is 0 Å². The molecule has 2 saturated heterocycles. The van der Waals surface area contributed by atoms with E-state index in [1.165, 1.54) is 42.6 Å². The smallest absolute Gasteiger partial charge is 0.0920 e. The van der Waals surface area contributed by atoms with E-state index >= 15 is 0 Å². The molecule has 0 aromatic heterocycles. The van der Waals surface area contributed by atoms with Gasteiger partial charge in [-0.05, 0) is 87.1 Å². The maximum absolute atomic E-state index is 10.9. The van der Waals surface area contributed by atoms with E-state index in [0.717, 1.165) is 31.5 Å². The Labute approximate surface area is 157 Å². The number of hydrogen-bond donors (Lipinski definition) is 2. The number of rotatable bonds is 4. The number of nitrogens with one attached hydrogen (secondary N) is 1. The molecular weight excluding hydrogens is 320 g/mol. The fraction of sp³-hybridized carbons (Fsp3) is 0.478. The summed E-state index contributed by atoms with van der Waals surface area (Å²) < 4.78 is 0. The molecule has 2 fully saturated rings. The SMILES string of the molecule is C[C@H](c1cccc(-c2ccc(C3(O)CCNCC3)cc2)c1)N1CCCC1. The number of hydrogen-bond acceptors (Lipinski definition) is 3. The van der Waals surface area contributed by atoms with Crippen molar-refractivity contribution in [2.45, 2.75) is 44.2 Å². The quantitative estimate of drug-likeness (QED) is 0.872. The highest BCUT2D eigenvalue weighted by Gasteiger charge is 2.30. The Morgan fingerprint density at radius 2 is 1.65 bits per heavy atom. The van der Waals surface area contributed by atoms with Crippen molar-refractivity contribution in [1.82, 2.24) is 10.2 Å². The normalized spacial score (nSPS) is 21.6. The maximum atomic E-state index is 10.9.